The number of carbonyl (C=O) groups excluding carboxylic acids is 1. The Kier molecular flexibility index (Phi) is 6.52. The first kappa shape index (κ1) is 16.5. The third-order valence-corrected chi connectivity index (χ3v) is 3.39. The molecule has 0 saturated carbocycles. The van der Waals surface area contributed by atoms with Gasteiger partial charge in [0.05, 0.1) is 0 Å². The maximum absolute atomic E-state index is 11.9. The highest BCUT2D eigenvalue weighted by atomic mass is 16.1. The first-order valence-electron chi connectivity index (χ1n) is 7.31. The monoisotopic (exact) mass is 277 g/mol. The first-order valence-corrected chi connectivity index (χ1v) is 7.31. The van der Waals surface area contributed by atoms with Gasteiger partial charge in [0.1, 0.15) is 0 Å². The molecule has 0 aromatic heterocycles. The van der Waals surface area contributed by atoms with Crippen molar-refractivity contribution in [3.05, 3.63) is 24.3 Å². The van der Waals surface area contributed by atoms with Crippen LogP contribution in [0.4, 0.5) is 11.4 Å². The summed E-state index contributed by atoms with van der Waals surface area (Å²) in [6.07, 6.45) is 0. The number of benzene rings is 1. The van der Waals surface area contributed by atoms with Crippen LogP contribution >= 0.6 is 0 Å². The molecule has 1 unspecified atom stereocenters. The summed E-state index contributed by atoms with van der Waals surface area (Å²) in [6.45, 7) is 10.1. The molecule has 0 fully saturated rings. The normalized spacial score (nSPS) is 12.3. The minimum Gasteiger partial charge on any atom is -0.369 e. The van der Waals surface area contributed by atoms with E-state index < -0.39 is 0 Å². The van der Waals surface area contributed by atoms with Gasteiger partial charge in [-0.2, -0.15) is 0 Å². The number of hydrogen-bond acceptors (Lipinski definition) is 3. The molecule has 2 N–H and O–H groups in total. The highest BCUT2D eigenvalue weighted by Crippen LogP contribution is 2.20. The van der Waals surface area contributed by atoms with Crippen molar-refractivity contribution in [1.82, 2.24) is 5.32 Å². The van der Waals surface area contributed by atoms with E-state index in [1.54, 1.807) is 0 Å². The average Bonchev–Trinajstić information content (AvgIpc) is 2.41. The van der Waals surface area contributed by atoms with Crippen molar-refractivity contribution in [2.24, 2.45) is 5.92 Å². The molecule has 1 amide bonds. The van der Waals surface area contributed by atoms with Crippen LogP contribution in [0, 0.1) is 5.92 Å². The second kappa shape index (κ2) is 7.90. The molecule has 0 aliphatic rings. The predicted molar refractivity (Wildman–Crippen MR) is 86.3 cm³/mol. The van der Waals surface area contributed by atoms with Crippen LogP contribution in [0.1, 0.15) is 27.7 Å². The van der Waals surface area contributed by atoms with Gasteiger partial charge < -0.3 is 15.5 Å². The Morgan fingerprint density at radius 1 is 1.20 bits per heavy atom. The maximum Gasteiger partial charge on any atom is 0.228 e. The van der Waals surface area contributed by atoms with Crippen LogP contribution in [0.2, 0.25) is 0 Å². The zero-order valence-corrected chi connectivity index (χ0v) is 13.2. The molecular weight excluding hydrogens is 250 g/mol. The molecule has 1 aromatic carbocycles. The van der Waals surface area contributed by atoms with Gasteiger partial charge in [-0.05, 0) is 52.1 Å². The molecule has 0 aliphatic carbocycles. The van der Waals surface area contributed by atoms with Gasteiger partial charge in [-0.15, -0.1) is 0 Å². The zero-order valence-electron chi connectivity index (χ0n) is 13.2. The number of hydrogen-bond donors (Lipinski definition) is 2. The van der Waals surface area contributed by atoms with Gasteiger partial charge in [0, 0.05) is 36.4 Å². The van der Waals surface area contributed by atoms with Crippen molar-refractivity contribution in [2.75, 3.05) is 30.4 Å². The fourth-order valence-corrected chi connectivity index (χ4v) is 2.25. The van der Waals surface area contributed by atoms with E-state index in [1.807, 2.05) is 26.1 Å². The fourth-order valence-electron chi connectivity index (χ4n) is 2.25. The van der Waals surface area contributed by atoms with Crippen molar-refractivity contribution in [1.29, 1.82) is 0 Å². The van der Waals surface area contributed by atoms with E-state index in [9.17, 15) is 4.79 Å². The van der Waals surface area contributed by atoms with Gasteiger partial charge in [-0.3, -0.25) is 4.79 Å². The van der Waals surface area contributed by atoms with E-state index in [-0.39, 0.29) is 11.8 Å². The molecule has 1 rings (SSSR count). The third-order valence-electron chi connectivity index (χ3n) is 3.39. The Morgan fingerprint density at radius 3 is 2.25 bits per heavy atom. The van der Waals surface area contributed by atoms with Crippen LogP contribution in [-0.2, 0) is 4.79 Å². The highest BCUT2D eigenvalue weighted by molar-refractivity contribution is 5.92. The lowest BCUT2D eigenvalue weighted by Gasteiger charge is -2.27. The number of nitrogens with one attached hydrogen (secondary N) is 2. The summed E-state index contributed by atoms with van der Waals surface area (Å²) in [7, 11) is 1.85. The molecule has 0 aliphatic heterocycles. The molecule has 4 heteroatoms. The molecule has 1 atom stereocenters. The number of anilines is 2. The Labute approximate surface area is 122 Å². The summed E-state index contributed by atoms with van der Waals surface area (Å²) in [5, 5.41) is 5.95. The highest BCUT2D eigenvalue weighted by Gasteiger charge is 2.12. The van der Waals surface area contributed by atoms with E-state index in [0.29, 0.717) is 12.6 Å². The Balaban J connectivity index is 2.69. The summed E-state index contributed by atoms with van der Waals surface area (Å²) in [4.78, 5) is 14.2. The van der Waals surface area contributed by atoms with Crippen LogP contribution in [-0.4, -0.2) is 32.1 Å². The second-order valence-electron chi connectivity index (χ2n) is 5.37. The molecule has 1 aromatic rings. The van der Waals surface area contributed by atoms with E-state index in [2.05, 4.69) is 48.4 Å². The van der Waals surface area contributed by atoms with Gasteiger partial charge in [0.15, 0.2) is 0 Å². The molecule has 0 radical (unpaired) electrons. The molecule has 0 bridgehead atoms. The van der Waals surface area contributed by atoms with Gasteiger partial charge >= 0.3 is 0 Å². The smallest absolute Gasteiger partial charge is 0.228 e. The molecule has 0 heterocycles. The Bertz CT molecular complexity index is 414. The van der Waals surface area contributed by atoms with Crippen molar-refractivity contribution in [3.8, 4) is 0 Å². The fraction of sp³-hybridized carbons (Fsp3) is 0.562. The lowest BCUT2D eigenvalue weighted by molar-refractivity contribution is -0.119. The quantitative estimate of drug-likeness (QED) is 0.805. The Morgan fingerprint density at radius 2 is 1.80 bits per heavy atom. The first-order chi connectivity index (χ1) is 9.49. The summed E-state index contributed by atoms with van der Waals surface area (Å²) < 4.78 is 0. The summed E-state index contributed by atoms with van der Waals surface area (Å²) in [5.74, 6) is 0.00536. The molecule has 0 spiro atoms. The lowest BCUT2D eigenvalue weighted by atomic mass is 10.1. The molecular formula is C16H27N3O. The maximum atomic E-state index is 11.9. The lowest BCUT2D eigenvalue weighted by Crippen LogP contribution is -2.30. The van der Waals surface area contributed by atoms with Gasteiger partial charge in [-0.1, -0.05) is 6.92 Å². The number of nitrogens with zero attached hydrogens (tertiary/aromatic N) is 1. The summed E-state index contributed by atoms with van der Waals surface area (Å²) >= 11 is 0. The van der Waals surface area contributed by atoms with Crippen LogP contribution in [0.15, 0.2) is 24.3 Å². The van der Waals surface area contributed by atoms with Crippen molar-refractivity contribution in [3.63, 3.8) is 0 Å². The predicted octanol–water partition coefficient (Wildman–Crippen LogP) is 2.72. The van der Waals surface area contributed by atoms with Gasteiger partial charge in [-0.25, -0.2) is 0 Å². The standard InChI is InChI=1S/C16H27N3O/c1-6-19(12(2)3)15-9-7-14(8-10-15)18-16(20)13(4)11-17-5/h7-10,12-13,17H,6,11H2,1-5H3,(H,18,20). The number of amides is 1. The van der Waals surface area contributed by atoms with Crippen LogP contribution in [0.3, 0.4) is 0 Å². The second-order valence-corrected chi connectivity index (χ2v) is 5.37. The van der Waals surface area contributed by atoms with Crippen LogP contribution in [0.25, 0.3) is 0 Å². The largest absolute Gasteiger partial charge is 0.369 e. The molecule has 4 nitrogen and oxygen atoms in total. The molecule has 0 saturated heterocycles. The van der Waals surface area contributed by atoms with Crippen LogP contribution in [0.5, 0.6) is 0 Å². The van der Waals surface area contributed by atoms with E-state index >= 15 is 0 Å². The van der Waals surface area contributed by atoms with Gasteiger partial charge in [0.2, 0.25) is 5.91 Å². The SMILES string of the molecule is CCN(c1ccc(NC(=O)C(C)CNC)cc1)C(C)C. The topological polar surface area (TPSA) is 44.4 Å². The summed E-state index contributed by atoms with van der Waals surface area (Å²) in [6, 6.07) is 8.51. The van der Waals surface area contributed by atoms with E-state index in [0.717, 1.165) is 12.2 Å². The van der Waals surface area contributed by atoms with Crippen molar-refractivity contribution in [2.45, 2.75) is 33.7 Å². The van der Waals surface area contributed by atoms with Gasteiger partial charge in [0.25, 0.3) is 0 Å². The molecule has 112 valence electrons. The van der Waals surface area contributed by atoms with Crippen molar-refractivity contribution >= 4 is 17.3 Å². The number of carbonyl (C=O) groups is 1. The summed E-state index contributed by atoms with van der Waals surface area (Å²) in [5.41, 5.74) is 2.03. The molecule has 20 heavy (non-hydrogen) atoms. The Hall–Kier alpha value is -1.55. The minimum absolute atomic E-state index is 0.0394. The van der Waals surface area contributed by atoms with E-state index in [4.69, 9.17) is 0 Å². The van der Waals surface area contributed by atoms with Crippen LogP contribution < -0.4 is 15.5 Å². The third kappa shape index (κ3) is 4.53. The zero-order chi connectivity index (χ0) is 15.1. The van der Waals surface area contributed by atoms with E-state index in [1.165, 1.54) is 5.69 Å². The number of rotatable bonds is 7. The minimum atomic E-state index is -0.0394. The van der Waals surface area contributed by atoms with Crippen molar-refractivity contribution < 1.29 is 4.79 Å². The average molecular weight is 277 g/mol.